The summed E-state index contributed by atoms with van der Waals surface area (Å²) in [7, 11) is 0. The highest BCUT2D eigenvalue weighted by Crippen LogP contribution is 2.30. The predicted octanol–water partition coefficient (Wildman–Crippen LogP) is 3.94. The maximum Gasteiger partial charge on any atom is 0.262 e. The quantitative estimate of drug-likeness (QED) is 0.756. The first-order valence-electron chi connectivity index (χ1n) is 8.23. The minimum atomic E-state index is -0.239. The fraction of sp³-hybridized carbons (Fsp3) is 0.0476. The Kier molecular flexibility index (Phi) is 4.11. The Morgan fingerprint density at radius 1 is 0.962 bits per heavy atom. The molecule has 0 fully saturated rings. The Bertz CT molecular complexity index is 984. The number of para-hydroxylation sites is 1. The molecular weight excluding hydrogens is 328 g/mol. The molecule has 1 aliphatic rings. The molecule has 2 amide bonds. The van der Waals surface area contributed by atoms with Gasteiger partial charge in [0.15, 0.2) is 6.61 Å². The lowest BCUT2D eigenvalue weighted by atomic mass is 10.0. The van der Waals surface area contributed by atoms with Gasteiger partial charge in [-0.15, -0.1) is 0 Å². The van der Waals surface area contributed by atoms with Crippen LogP contribution in [0.1, 0.15) is 10.4 Å². The van der Waals surface area contributed by atoms with Gasteiger partial charge in [0.2, 0.25) is 0 Å². The first-order valence-corrected chi connectivity index (χ1v) is 8.23. The van der Waals surface area contributed by atoms with E-state index < -0.39 is 0 Å². The molecule has 26 heavy (non-hydrogen) atoms. The zero-order valence-electron chi connectivity index (χ0n) is 13.9. The number of carbonyl (C=O) groups is 2. The Balaban J connectivity index is 1.61. The van der Waals surface area contributed by atoms with Crippen molar-refractivity contribution in [3.8, 4) is 16.9 Å². The molecule has 3 aromatic carbocycles. The molecule has 0 radical (unpaired) electrons. The molecule has 4 rings (SSSR count). The lowest BCUT2D eigenvalue weighted by Crippen LogP contribution is -2.25. The number of hydrogen-bond acceptors (Lipinski definition) is 3. The summed E-state index contributed by atoms with van der Waals surface area (Å²) in [6.07, 6.45) is 0. The van der Waals surface area contributed by atoms with Crippen LogP contribution in [-0.2, 0) is 4.79 Å². The highest BCUT2D eigenvalue weighted by Gasteiger charge is 2.18. The molecule has 1 aliphatic heterocycles. The largest absolute Gasteiger partial charge is 0.482 e. The number of anilines is 2. The summed E-state index contributed by atoms with van der Waals surface area (Å²) < 4.78 is 5.38. The van der Waals surface area contributed by atoms with Crippen LogP contribution in [0.5, 0.6) is 5.75 Å². The van der Waals surface area contributed by atoms with E-state index in [4.69, 9.17) is 4.74 Å². The summed E-state index contributed by atoms with van der Waals surface area (Å²) in [5.74, 6) is 0.0526. The average molecular weight is 344 g/mol. The molecule has 1 heterocycles. The van der Waals surface area contributed by atoms with E-state index in [9.17, 15) is 9.59 Å². The number of benzene rings is 3. The molecule has 0 aromatic heterocycles. The molecule has 0 saturated heterocycles. The summed E-state index contributed by atoms with van der Waals surface area (Å²) in [4.78, 5) is 24.0. The monoisotopic (exact) mass is 344 g/mol. The third kappa shape index (κ3) is 3.15. The Labute approximate surface area is 150 Å². The van der Waals surface area contributed by atoms with E-state index in [1.807, 2.05) is 54.6 Å². The van der Waals surface area contributed by atoms with E-state index in [2.05, 4.69) is 10.6 Å². The van der Waals surface area contributed by atoms with Crippen LogP contribution in [-0.4, -0.2) is 18.4 Å². The van der Waals surface area contributed by atoms with Gasteiger partial charge in [-0.05, 0) is 29.8 Å². The van der Waals surface area contributed by atoms with Crippen molar-refractivity contribution < 1.29 is 14.3 Å². The highest BCUT2D eigenvalue weighted by molar-refractivity contribution is 6.07. The Morgan fingerprint density at radius 2 is 1.73 bits per heavy atom. The second-order valence-electron chi connectivity index (χ2n) is 5.91. The molecule has 5 heteroatoms. The van der Waals surface area contributed by atoms with Crippen LogP contribution in [0.4, 0.5) is 11.4 Å². The summed E-state index contributed by atoms with van der Waals surface area (Å²) in [5.41, 5.74) is 3.74. The van der Waals surface area contributed by atoms with E-state index in [1.165, 1.54) is 0 Å². The SMILES string of the molecule is O=C1COc2cc(C(=O)Nc3ccccc3-c3ccccc3)ccc2N1. The van der Waals surface area contributed by atoms with Crippen molar-refractivity contribution >= 4 is 23.2 Å². The fourth-order valence-corrected chi connectivity index (χ4v) is 2.87. The van der Waals surface area contributed by atoms with Crippen molar-refractivity contribution in [2.24, 2.45) is 0 Å². The predicted molar refractivity (Wildman–Crippen MR) is 100 cm³/mol. The van der Waals surface area contributed by atoms with Gasteiger partial charge in [-0.3, -0.25) is 9.59 Å². The van der Waals surface area contributed by atoms with Crippen LogP contribution in [0.2, 0.25) is 0 Å². The van der Waals surface area contributed by atoms with E-state index in [0.717, 1.165) is 16.8 Å². The van der Waals surface area contributed by atoms with Crippen LogP contribution in [0.3, 0.4) is 0 Å². The molecule has 0 atom stereocenters. The zero-order valence-corrected chi connectivity index (χ0v) is 13.9. The van der Waals surface area contributed by atoms with Gasteiger partial charge in [0, 0.05) is 16.8 Å². The van der Waals surface area contributed by atoms with Crippen LogP contribution < -0.4 is 15.4 Å². The van der Waals surface area contributed by atoms with E-state index in [1.54, 1.807) is 18.2 Å². The normalized spacial score (nSPS) is 12.5. The minimum Gasteiger partial charge on any atom is -0.482 e. The standard InChI is InChI=1S/C21H16N2O3/c24-20-13-26-19-12-15(10-11-18(19)22-20)21(25)23-17-9-5-4-8-16(17)14-6-2-1-3-7-14/h1-12H,13H2,(H,22,24)(H,23,25). The molecule has 0 spiro atoms. The maximum absolute atomic E-state index is 12.7. The van der Waals surface area contributed by atoms with Crippen molar-refractivity contribution in [2.75, 3.05) is 17.2 Å². The first-order chi connectivity index (χ1) is 12.7. The summed E-state index contributed by atoms with van der Waals surface area (Å²) in [6, 6.07) is 22.5. The van der Waals surface area contributed by atoms with Crippen LogP contribution in [0.15, 0.2) is 72.8 Å². The molecule has 128 valence electrons. The van der Waals surface area contributed by atoms with Gasteiger partial charge in [0.25, 0.3) is 11.8 Å². The third-order valence-corrected chi connectivity index (χ3v) is 4.14. The molecule has 5 nitrogen and oxygen atoms in total. The topological polar surface area (TPSA) is 67.4 Å². The van der Waals surface area contributed by atoms with Crippen LogP contribution in [0.25, 0.3) is 11.1 Å². The minimum absolute atomic E-state index is 0.0467. The molecule has 2 N–H and O–H groups in total. The molecule has 0 aliphatic carbocycles. The summed E-state index contributed by atoms with van der Waals surface area (Å²) in [6.45, 7) is -0.0467. The summed E-state index contributed by atoms with van der Waals surface area (Å²) in [5, 5.41) is 5.67. The van der Waals surface area contributed by atoms with Gasteiger partial charge in [-0.25, -0.2) is 0 Å². The number of rotatable bonds is 3. The van der Waals surface area contributed by atoms with E-state index in [0.29, 0.717) is 17.0 Å². The Hall–Kier alpha value is -3.60. The van der Waals surface area contributed by atoms with Gasteiger partial charge in [-0.2, -0.15) is 0 Å². The molecule has 0 unspecified atom stereocenters. The molecule has 0 saturated carbocycles. The zero-order chi connectivity index (χ0) is 17.9. The third-order valence-electron chi connectivity index (χ3n) is 4.14. The molecule has 0 bridgehead atoms. The highest BCUT2D eigenvalue weighted by atomic mass is 16.5. The second kappa shape index (κ2) is 6.72. The van der Waals surface area contributed by atoms with Gasteiger partial charge in [-0.1, -0.05) is 48.5 Å². The van der Waals surface area contributed by atoms with E-state index >= 15 is 0 Å². The van der Waals surface area contributed by atoms with Crippen molar-refractivity contribution in [3.05, 3.63) is 78.4 Å². The van der Waals surface area contributed by atoms with Crippen LogP contribution >= 0.6 is 0 Å². The smallest absolute Gasteiger partial charge is 0.262 e. The van der Waals surface area contributed by atoms with Gasteiger partial charge >= 0.3 is 0 Å². The van der Waals surface area contributed by atoms with Crippen LogP contribution in [0, 0.1) is 0 Å². The van der Waals surface area contributed by atoms with Crippen molar-refractivity contribution in [2.45, 2.75) is 0 Å². The number of ether oxygens (including phenoxy) is 1. The van der Waals surface area contributed by atoms with Gasteiger partial charge in [0.05, 0.1) is 5.69 Å². The van der Waals surface area contributed by atoms with E-state index in [-0.39, 0.29) is 18.4 Å². The number of carbonyl (C=O) groups excluding carboxylic acids is 2. The molecule has 3 aromatic rings. The van der Waals surface area contributed by atoms with Crippen molar-refractivity contribution in [3.63, 3.8) is 0 Å². The average Bonchev–Trinajstić information content (AvgIpc) is 2.68. The number of nitrogens with one attached hydrogen (secondary N) is 2. The Morgan fingerprint density at radius 3 is 2.58 bits per heavy atom. The fourth-order valence-electron chi connectivity index (χ4n) is 2.87. The van der Waals surface area contributed by atoms with Crippen molar-refractivity contribution in [1.82, 2.24) is 0 Å². The maximum atomic E-state index is 12.7. The lowest BCUT2D eigenvalue weighted by Gasteiger charge is -2.18. The second-order valence-corrected chi connectivity index (χ2v) is 5.91. The van der Waals surface area contributed by atoms with Gasteiger partial charge < -0.3 is 15.4 Å². The number of hydrogen-bond donors (Lipinski definition) is 2. The number of amides is 2. The lowest BCUT2D eigenvalue weighted by molar-refractivity contribution is -0.118. The number of fused-ring (bicyclic) bond motifs is 1. The van der Waals surface area contributed by atoms with Crippen molar-refractivity contribution in [1.29, 1.82) is 0 Å². The van der Waals surface area contributed by atoms with Gasteiger partial charge in [0.1, 0.15) is 5.75 Å². The molecular formula is C21H16N2O3. The summed E-state index contributed by atoms with van der Waals surface area (Å²) >= 11 is 0. The first kappa shape index (κ1) is 15.9.